The van der Waals surface area contributed by atoms with Crippen molar-refractivity contribution >= 4 is 17.5 Å². The van der Waals surface area contributed by atoms with Crippen LogP contribution in [0.2, 0.25) is 0 Å². The molecule has 1 heterocycles. The molecule has 1 saturated heterocycles. The Morgan fingerprint density at radius 1 is 1.06 bits per heavy atom. The van der Waals surface area contributed by atoms with Crippen LogP contribution >= 0.6 is 0 Å². The summed E-state index contributed by atoms with van der Waals surface area (Å²) in [6.45, 7) is 6.77. The van der Waals surface area contributed by atoms with Crippen molar-refractivity contribution in [2.45, 2.75) is 32.4 Å². The molecule has 2 amide bonds. The lowest BCUT2D eigenvalue weighted by Gasteiger charge is -2.35. The predicted molar refractivity (Wildman–Crippen MR) is 121 cm³/mol. The number of hydrogen-bond acceptors (Lipinski definition) is 4. The van der Waals surface area contributed by atoms with E-state index in [2.05, 4.69) is 29.3 Å². The topological polar surface area (TPSA) is 61.9 Å². The van der Waals surface area contributed by atoms with Crippen molar-refractivity contribution in [1.82, 2.24) is 9.80 Å². The summed E-state index contributed by atoms with van der Waals surface area (Å²) in [5.41, 5.74) is 2.48. The Hall–Kier alpha value is -2.70. The monoisotopic (exact) mass is 421 g/mol. The van der Waals surface area contributed by atoms with Gasteiger partial charge in [-0.2, -0.15) is 0 Å². The van der Waals surface area contributed by atoms with Crippen LogP contribution in [0, 0.1) is 5.92 Å². The standard InChI is InChI=1S/C25H31N3O3/c1-19(17-27-13-15-31-16-14-27)28(18-20-5-3-2-4-6-20)25(30)22-9-11-23(12-10-22)26-24(29)21-7-8-21/h2-6,9-12,19,21H,7-8,13-18H2,1H3,(H,26,29). The zero-order valence-electron chi connectivity index (χ0n) is 18.1. The minimum absolute atomic E-state index is 0.00434. The Morgan fingerprint density at radius 3 is 2.39 bits per heavy atom. The second-order valence-corrected chi connectivity index (χ2v) is 8.52. The van der Waals surface area contributed by atoms with E-state index in [9.17, 15) is 9.59 Å². The Labute approximate surface area is 184 Å². The van der Waals surface area contributed by atoms with Crippen molar-refractivity contribution in [2.24, 2.45) is 5.92 Å². The van der Waals surface area contributed by atoms with Crippen molar-refractivity contribution in [3.63, 3.8) is 0 Å². The van der Waals surface area contributed by atoms with Crippen molar-refractivity contribution < 1.29 is 14.3 Å². The minimum Gasteiger partial charge on any atom is -0.379 e. The smallest absolute Gasteiger partial charge is 0.254 e. The molecule has 6 nitrogen and oxygen atoms in total. The van der Waals surface area contributed by atoms with Gasteiger partial charge in [0.25, 0.3) is 5.91 Å². The Morgan fingerprint density at radius 2 is 1.74 bits per heavy atom. The maximum absolute atomic E-state index is 13.5. The molecular formula is C25H31N3O3. The van der Waals surface area contributed by atoms with E-state index in [1.165, 1.54) is 0 Å². The highest BCUT2D eigenvalue weighted by atomic mass is 16.5. The molecule has 6 heteroatoms. The van der Waals surface area contributed by atoms with Crippen molar-refractivity contribution in [3.8, 4) is 0 Å². The molecule has 1 atom stereocenters. The maximum Gasteiger partial charge on any atom is 0.254 e. The Balaban J connectivity index is 1.47. The number of benzene rings is 2. The number of anilines is 1. The number of carbonyl (C=O) groups is 2. The van der Waals surface area contributed by atoms with Gasteiger partial charge in [0.05, 0.1) is 13.2 Å². The normalized spacial score (nSPS) is 17.7. The quantitative estimate of drug-likeness (QED) is 0.710. The van der Waals surface area contributed by atoms with Gasteiger partial charge in [0, 0.05) is 49.4 Å². The zero-order valence-corrected chi connectivity index (χ0v) is 18.1. The van der Waals surface area contributed by atoms with Gasteiger partial charge in [0.15, 0.2) is 0 Å². The van der Waals surface area contributed by atoms with Gasteiger partial charge in [-0.1, -0.05) is 30.3 Å². The fraction of sp³-hybridized carbons (Fsp3) is 0.440. The second kappa shape index (κ2) is 10.1. The fourth-order valence-corrected chi connectivity index (χ4v) is 3.92. The zero-order chi connectivity index (χ0) is 21.6. The summed E-state index contributed by atoms with van der Waals surface area (Å²) in [6, 6.07) is 17.4. The van der Waals surface area contributed by atoms with Crippen LogP contribution in [-0.2, 0) is 16.1 Å². The first-order valence-corrected chi connectivity index (χ1v) is 11.2. The average molecular weight is 422 g/mol. The number of nitrogens with one attached hydrogen (secondary N) is 1. The molecule has 2 fully saturated rings. The lowest BCUT2D eigenvalue weighted by atomic mass is 10.1. The van der Waals surface area contributed by atoms with Gasteiger partial charge in [0.1, 0.15) is 0 Å². The van der Waals surface area contributed by atoms with Crippen LogP contribution in [-0.4, -0.2) is 60.5 Å². The number of morpholine rings is 1. The number of rotatable bonds is 8. The van der Waals surface area contributed by atoms with E-state index < -0.39 is 0 Å². The van der Waals surface area contributed by atoms with E-state index in [0.29, 0.717) is 12.1 Å². The number of amides is 2. The van der Waals surface area contributed by atoms with Gasteiger partial charge < -0.3 is 15.0 Å². The molecule has 2 aliphatic rings. The van der Waals surface area contributed by atoms with Crippen molar-refractivity contribution in [2.75, 3.05) is 38.2 Å². The van der Waals surface area contributed by atoms with Crippen molar-refractivity contribution in [3.05, 3.63) is 65.7 Å². The Bertz CT molecular complexity index is 875. The summed E-state index contributed by atoms with van der Waals surface area (Å²) >= 11 is 0. The van der Waals surface area contributed by atoms with Gasteiger partial charge in [-0.15, -0.1) is 0 Å². The maximum atomic E-state index is 13.5. The summed E-state index contributed by atoms with van der Waals surface area (Å²) in [5.74, 6) is 0.234. The van der Waals surface area contributed by atoms with E-state index >= 15 is 0 Å². The van der Waals surface area contributed by atoms with Crippen LogP contribution in [0.4, 0.5) is 5.69 Å². The van der Waals surface area contributed by atoms with Gasteiger partial charge in [0.2, 0.25) is 5.91 Å². The molecule has 1 saturated carbocycles. The molecule has 164 valence electrons. The SMILES string of the molecule is CC(CN1CCOCC1)N(Cc1ccccc1)C(=O)c1ccc(NC(=O)C2CC2)cc1. The molecule has 0 bridgehead atoms. The van der Waals surface area contributed by atoms with Crippen LogP contribution in [0.3, 0.4) is 0 Å². The van der Waals surface area contributed by atoms with E-state index in [4.69, 9.17) is 4.74 Å². The first-order chi connectivity index (χ1) is 15.1. The summed E-state index contributed by atoms with van der Waals surface area (Å²) < 4.78 is 5.46. The molecule has 0 radical (unpaired) electrons. The summed E-state index contributed by atoms with van der Waals surface area (Å²) in [7, 11) is 0. The largest absolute Gasteiger partial charge is 0.379 e. The molecule has 31 heavy (non-hydrogen) atoms. The number of hydrogen-bond donors (Lipinski definition) is 1. The summed E-state index contributed by atoms with van der Waals surface area (Å²) in [6.07, 6.45) is 1.94. The molecule has 1 unspecified atom stereocenters. The third-order valence-corrected chi connectivity index (χ3v) is 5.96. The van der Waals surface area contributed by atoms with Gasteiger partial charge in [-0.05, 0) is 49.6 Å². The molecule has 0 spiro atoms. The first kappa shape index (κ1) is 21.5. The van der Waals surface area contributed by atoms with Crippen LogP contribution in [0.15, 0.2) is 54.6 Å². The predicted octanol–water partition coefficient (Wildman–Crippen LogP) is 3.40. The van der Waals surface area contributed by atoms with E-state index in [1.807, 2.05) is 47.4 Å². The highest BCUT2D eigenvalue weighted by molar-refractivity contribution is 5.97. The van der Waals surface area contributed by atoms with Gasteiger partial charge in [-0.25, -0.2) is 0 Å². The Kier molecular flexibility index (Phi) is 6.99. The lowest BCUT2D eigenvalue weighted by Crippen LogP contribution is -2.48. The first-order valence-electron chi connectivity index (χ1n) is 11.2. The molecule has 4 rings (SSSR count). The van der Waals surface area contributed by atoms with Gasteiger partial charge in [-0.3, -0.25) is 14.5 Å². The number of nitrogens with zero attached hydrogens (tertiary/aromatic N) is 2. The summed E-state index contributed by atoms with van der Waals surface area (Å²) in [4.78, 5) is 29.8. The molecule has 2 aromatic rings. The van der Waals surface area contributed by atoms with Crippen LogP contribution < -0.4 is 5.32 Å². The third kappa shape index (κ3) is 5.93. The van der Waals surface area contributed by atoms with Crippen LogP contribution in [0.1, 0.15) is 35.7 Å². The van der Waals surface area contributed by atoms with Crippen LogP contribution in [0.5, 0.6) is 0 Å². The molecule has 2 aromatic carbocycles. The van der Waals surface area contributed by atoms with Crippen LogP contribution in [0.25, 0.3) is 0 Å². The highest BCUT2D eigenvalue weighted by Gasteiger charge is 2.29. The molecule has 1 aliphatic carbocycles. The average Bonchev–Trinajstić information content (AvgIpc) is 3.64. The summed E-state index contributed by atoms with van der Waals surface area (Å²) in [5, 5.41) is 2.93. The molecular weight excluding hydrogens is 390 g/mol. The third-order valence-electron chi connectivity index (χ3n) is 5.96. The minimum atomic E-state index is 0.00434. The molecule has 1 N–H and O–H groups in total. The lowest BCUT2D eigenvalue weighted by molar-refractivity contribution is -0.117. The van der Waals surface area contributed by atoms with Gasteiger partial charge >= 0.3 is 0 Å². The number of carbonyl (C=O) groups excluding carboxylic acids is 2. The highest BCUT2D eigenvalue weighted by Crippen LogP contribution is 2.30. The number of ether oxygens (including phenoxy) is 1. The molecule has 1 aliphatic heterocycles. The van der Waals surface area contributed by atoms with E-state index in [-0.39, 0.29) is 23.8 Å². The van der Waals surface area contributed by atoms with Crippen molar-refractivity contribution in [1.29, 1.82) is 0 Å². The second-order valence-electron chi connectivity index (χ2n) is 8.52. The molecule has 0 aromatic heterocycles. The fourth-order valence-electron chi connectivity index (χ4n) is 3.92. The van der Waals surface area contributed by atoms with E-state index in [1.54, 1.807) is 0 Å². The van der Waals surface area contributed by atoms with E-state index in [0.717, 1.165) is 56.9 Å².